The first-order chi connectivity index (χ1) is 13.4. The standard InChI is InChI=1S/C18H16N4O4S2/c1-3-8-21-17(24)12-9-11(2)28-16(12)20-18(21)27-10-15(23)19-13-6-4-5-7-14(13)22(25)26/h3-7,9H,1,8,10H2,2H3,(H,19,23). The number of para-hydroxylation sites is 2. The molecule has 10 heteroatoms. The van der Waals surface area contributed by atoms with Gasteiger partial charge in [-0.3, -0.25) is 24.3 Å². The van der Waals surface area contributed by atoms with Crippen LogP contribution in [0.1, 0.15) is 4.88 Å². The minimum Gasteiger partial charge on any atom is -0.320 e. The topological polar surface area (TPSA) is 107 Å². The molecule has 0 saturated heterocycles. The van der Waals surface area contributed by atoms with E-state index < -0.39 is 10.8 Å². The van der Waals surface area contributed by atoms with E-state index in [9.17, 15) is 19.7 Å². The van der Waals surface area contributed by atoms with Crippen molar-refractivity contribution in [3.8, 4) is 0 Å². The maximum Gasteiger partial charge on any atom is 0.292 e. The average molecular weight is 416 g/mol. The smallest absolute Gasteiger partial charge is 0.292 e. The van der Waals surface area contributed by atoms with Crippen LogP contribution in [0.25, 0.3) is 10.2 Å². The van der Waals surface area contributed by atoms with Crippen LogP contribution in [0.5, 0.6) is 0 Å². The fraction of sp³-hybridized carbons (Fsp3) is 0.167. The zero-order valence-corrected chi connectivity index (χ0v) is 16.5. The molecule has 0 spiro atoms. The molecular weight excluding hydrogens is 400 g/mol. The molecule has 144 valence electrons. The van der Waals surface area contributed by atoms with E-state index in [1.807, 2.05) is 6.92 Å². The molecule has 28 heavy (non-hydrogen) atoms. The highest BCUT2D eigenvalue weighted by molar-refractivity contribution is 7.99. The molecule has 0 radical (unpaired) electrons. The van der Waals surface area contributed by atoms with Gasteiger partial charge < -0.3 is 5.32 Å². The Labute approximate surface area is 168 Å². The number of benzene rings is 1. The summed E-state index contributed by atoms with van der Waals surface area (Å²) in [6, 6.07) is 7.71. The lowest BCUT2D eigenvalue weighted by Gasteiger charge is -2.10. The molecule has 2 heterocycles. The molecule has 0 aliphatic carbocycles. The first-order valence-corrected chi connectivity index (χ1v) is 9.99. The Hall–Kier alpha value is -2.98. The van der Waals surface area contributed by atoms with Crippen molar-refractivity contribution in [1.82, 2.24) is 9.55 Å². The summed E-state index contributed by atoms with van der Waals surface area (Å²) in [7, 11) is 0. The van der Waals surface area contributed by atoms with E-state index in [4.69, 9.17) is 0 Å². The number of nitro groups is 1. The van der Waals surface area contributed by atoms with Gasteiger partial charge in [0.15, 0.2) is 5.16 Å². The summed E-state index contributed by atoms with van der Waals surface area (Å²) in [4.78, 5) is 41.6. The molecule has 2 aromatic heterocycles. The highest BCUT2D eigenvalue weighted by Crippen LogP contribution is 2.26. The van der Waals surface area contributed by atoms with E-state index >= 15 is 0 Å². The predicted molar refractivity (Wildman–Crippen MR) is 111 cm³/mol. The molecule has 1 N–H and O–H groups in total. The number of nitrogens with one attached hydrogen (secondary N) is 1. The summed E-state index contributed by atoms with van der Waals surface area (Å²) < 4.78 is 1.46. The lowest BCUT2D eigenvalue weighted by Crippen LogP contribution is -2.23. The Morgan fingerprint density at radius 3 is 2.93 bits per heavy atom. The molecule has 1 amide bonds. The normalized spacial score (nSPS) is 10.8. The Bertz CT molecular complexity index is 1140. The first kappa shape index (κ1) is 19.8. The summed E-state index contributed by atoms with van der Waals surface area (Å²) in [6.07, 6.45) is 1.59. The van der Waals surface area contributed by atoms with E-state index in [0.29, 0.717) is 15.4 Å². The molecule has 0 bridgehead atoms. The van der Waals surface area contributed by atoms with Crippen LogP contribution in [0.2, 0.25) is 0 Å². The predicted octanol–water partition coefficient (Wildman–Crippen LogP) is 3.59. The van der Waals surface area contributed by atoms with E-state index in [0.717, 1.165) is 16.6 Å². The number of nitrogens with zero attached hydrogens (tertiary/aromatic N) is 3. The molecule has 1 aromatic carbocycles. The van der Waals surface area contributed by atoms with Crippen molar-refractivity contribution in [2.75, 3.05) is 11.1 Å². The maximum atomic E-state index is 12.7. The lowest BCUT2D eigenvalue weighted by atomic mass is 10.2. The number of allylic oxidation sites excluding steroid dienone is 1. The van der Waals surface area contributed by atoms with E-state index in [-0.39, 0.29) is 29.2 Å². The Morgan fingerprint density at radius 2 is 2.21 bits per heavy atom. The van der Waals surface area contributed by atoms with Gasteiger partial charge >= 0.3 is 0 Å². The minimum absolute atomic E-state index is 0.0501. The number of aryl methyl sites for hydroxylation is 1. The van der Waals surface area contributed by atoms with E-state index in [1.165, 1.54) is 34.1 Å². The van der Waals surface area contributed by atoms with Crippen molar-refractivity contribution < 1.29 is 9.72 Å². The van der Waals surface area contributed by atoms with E-state index in [1.54, 1.807) is 18.2 Å². The number of hydrogen-bond acceptors (Lipinski definition) is 7. The highest BCUT2D eigenvalue weighted by Gasteiger charge is 2.17. The van der Waals surface area contributed by atoms with Crippen LogP contribution in [-0.4, -0.2) is 26.1 Å². The third-order valence-electron chi connectivity index (χ3n) is 3.76. The van der Waals surface area contributed by atoms with Crippen LogP contribution in [0.4, 0.5) is 11.4 Å². The molecule has 0 aliphatic heterocycles. The fourth-order valence-corrected chi connectivity index (χ4v) is 4.30. The number of nitro benzene ring substituents is 1. The number of carbonyl (C=O) groups is 1. The molecule has 8 nitrogen and oxygen atoms in total. The van der Waals surface area contributed by atoms with E-state index in [2.05, 4.69) is 16.9 Å². The molecule has 0 fully saturated rings. The second kappa shape index (κ2) is 8.36. The molecule has 0 aliphatic rings. The molecule has 3 rings (SSSR count). The van der Waals surface area contributed by atoms with Gasteiger partial charge in [0.2, 0.25) is 5.91 Å². The summed E-state index contributed by atoms with van der Waals surface area (Å²) in [5, 5.41) is 14.5. The van der Waals surface area contributed by atoms with Crippen LogP contribution in [0.15, 0.2) is 52.9 Å². The highest BCUT2D eigenvalue weighted by atomic mass is 32.2. The summed E-state index contributed by atoms with van der Waals surface area (Å²) in [5.74, 6) is -0.480. The molecular formula is C18H16N4O4S2. The number of hydrogen-bond donors (Lipinski definition) is 1. The number of carbonyl (C=O) groups excluding carboxylic acids is 1. The number of thioether (sulfide) groups is 1. The van der Waals surface area contributed by atoms with Crippen molar-refractivity contribution in [1.29, 1.82) is 0 Å². The lowest BCUT2D eigenvalue weighted by molar-refractivity contribution is -0.383. The third kappa shape index (κ3) is 4.12. The van der Waals surface area contributed by atoms with Crippen molar-refractivity contribution in [3.05, 3.63) is 68.3 Å². The van der Waals surface area contributed by atoms with Gasteiger partial charge in [-0.25, -0.2) is 4.98 Å². The maximum absolute atomic E-state index is 12.7. The summed E-state index contributed by atoms with van der Waals surface area (Å²) in [5.41, 5.74) is -0.243. The zero-order valence-electron chi connectivity index (χ0n) is 14.9. The van der Waals surface area contributed by atoms with Crippen LogP contribution >= 0.6 is 23.1 Å². The largest absolute Gasteiger partial charge is 0.320 e. The number of aromatic nitrogens is 2. The van der Waals surface area contributed by atoms with Gasteiger partial charge in [0, 0.05) is 17.5 Å². The minimum atomic E-state index is -0.556. The summed E-state index contributed by atoms with van der Waals surface area (Å²) in [6.45, 7) is 5.83. The average Bonchev–Trinajstić information content (AvgIpc) is 3.03. The molecule has 3 aromatic rings. The number of rotatable bonds is 7. The number of thiophene rings is 1. The Kier molecular flexibility index (Phi) is 5.90. The van der Waals surface area contributed by atoms with Gasteiger partial charge in [-0.2, -0.15) is 0 Å². The van der Waals surface area contributed by atoms with Gasteiger partial charge in [-0.1, -0.05) is 30.0 Å². The molecule has 0 saturated carbocycles. The SMILES string of the molecule is C=CCn1c(SCC(=O)Nc2ccccc2[N+](=O)[O-])nc2sc(C)cc2c1=O. The fourth-order valence-electron chi connectivity index (χ4n) is 2.57. The monoisotopic (exact) mass is 416 g/mol. The van der Waals surface area contributed by atoms with Crippen molar-refractivity contribution in [2.24, 2.45) is 0 Å². The second-order valence-corrected chi connectivity index (χ2v) is 7.96. The first-order valence-electron chi connectivity index (χ1n) is 8.18. The molecule has 0 atom stereocenters. The number of amides is 1. The third-order valence-corrected chi connectivity index (χ3v) is 5.68. The van der Waals surface area contributed by atoms with Crippen LogP contribution in [0, 0.1) is 17.0 Å². The Balaban J connectivity index is 1.82. The van der Waals surface area contributed by atoms with Crippen molar-refractivity contribution >= 4 is 50.6 Å². The van der Waals surface area contributed by atoms with Gasteiger partial charge in [0.25, 0.3) is 11.2 Å². The zero-order chi connectivity index (χ0) is 20.3. The van der Waals surface area contributed by atoms with Crippen LogP contribution in [-0.2, 0) is 11.3 Å². The van der Waals surface area contributed by atoms with Crippen LogP contribution in [0.3, 0.4) is 0 Å². The second-order valence-electron chi connectivity index (χ2n) is 5.79. The quantitative estimate of drug-likeness (QED) is 0.207. The van der Waals surface area contributed by atoms with Crippen LogP contribution < -0.4 is 10.9 Å². The van der Waals surface area contributed by atoms with Gasteiger partial charge in [0.1, 0.15) is 10.5 Å². The van der Waals surface area contributed by atoms with Gasteiger partial charge in [-0.05, 0) is 19.1 Å². The molecule has 0 unspecified atom stereocenters. The summed E-state index contributed by atoms with van der Waals surface area (Å²) >= 11 is 2.51. The Morgan fingerprint density at radius 1 is 1.46 bits per heavy atom. The van der Waals surface area contributed by atoms with Crippen molar-refractivity contribution in [3.63, 3.8) is 0 Å². The van der Waals surface area contributed by atoms with Crippen molar-refractivity contribution in [2.45, 2.75) is 18.6 Å². The van der Waals surface area contributed by atoms with Gasteiger partial charge in [-0.15, -0.1) is 17.9 Å². The van der Waals surface area contributed by atoms with Gasteiger partial charge in [0.05, 0.1) is 16.1 Å². The number of anilines is 1. The number of fused-ring (bicyclic) bond motifs is 1.